The van der Waals surface area contributed by atoms with Crippen molar-refractivity contribution < 1.29 is 14.3 Å². The molecule has 0 aliphatic carbocycles. The van der Waals surface area contributed by atoms with Gasteiger partial charge in [-0.3, -0.25) is 9.59 Å². The molecule has 0 spiro atoms. The lowest BCUT2D eigenvalue weighted by molar-refractivity contribution is -0.144. The minimum atomic E-state index is -0.269. The van der Waals surface area contributed by atoms with Crippen LogP contribution in [0, 0.1) is 0 Å². The second-order valence-corrected chi connectivity index (χ2v) is 4.41. The van der Waals surface area contributed by atoms with E-state index in [0.29, 0.717) is 12.0 Å². The molecule has 0 saturated heterocycles. The smallest absolute Gasteiger partial charge is 0.306 e. The van der Waals surface area contributed by atoms with Crippen LogP contribution in [0.3, 0.4) is 0 Å². The van der Waals surface area contributed by atoms with E-state index in [2.05, 4.69) is 0 Å². The van der Waals surface area contributed by atoms with Crippen LogP contribution < -0.4 is 0 Å². The van der Waals surface area contributed by atoms with E-state index in [1.807, 2.05) is 48.8 Å². The number of hydrogen-bond donors (Lipinski definition) is 0. The average Bonchev–Trinajstić information content (AvgIpc) is 2.52. The molecule has 0 aromatic heterocycles. The third-order valence-electron chi connectivity index (χ3n) is 2.97. The minimum Gasteiger partial charge on any atom is -0.461 e. The zero-order valence-electron chi connectivity index (χ0n) is 11.0. The van der Waals surface area contributed by atoms with Gasteiger partial charge in [0.05, 0.1) is 0 Å². The van der Waals surface area contributed by atoms with E-state index in [9.17, 15) is 9.59 Å². The van der Waals surface area contributed by atoms with Gasteiger partial charge in [0.25, 0.3) is 0 Å². The van der Waals surface area contributed by atoms with Gasteiger partial charge in [-0.15, -0.1) is 0 Å². The fraction of sp³-hybridized carbons (Fsp3) is 0.176. The fourth-order valence-corrected chi connectivity index (χ4v) is 1.88. The number of rotatable bonds is 6. The van der Waals surface area contributed by atoms with Gasteiger partial charge in [-0.1, -0.05) is 54.6 Å². The first-order chi connectivity index (χ1) is 9.79. The Labute approximate surface area is 118 Å². The lowest BCUT2D eigenvalue weighted by Crippen LogP contribution is -2.06. The van der Waals surface area contributed by atoms with Crippen LogP contribution in [0.2, 0.25) is 0 Å². The summed E-state index contributed by atoms with van der Waals surface area (Å²) in [7, 11) is 0. The largest absolute Gasteiger partial charge is 0.461 e. The summed E-state index contributed by atoms with van der Waals surface area (Å²) in [5.74, 6) is -0.269. The fourth-order valence-electron chi connectivity index (χ4n) is 1.88. The highest BCUT2D eigenvalue weighted by atomic mass is 16.5. The summed E-state index contributed by atoms with van der Waals surface area (Å²) >= 11 is 0. The second kappa shape index (κ2) is 7.24. The standard InChI is InChI=1S/C17H15O3/c18-12-16-9-5-4-8-15(16)10-11-17(19)20-13-14-6-2-1-3-7-14/h1-9H,10-11,13H2. The topological polar surface area (TPSA) is 43.4 Å². The zero-order valence-corrected chi connectivity index (χ0v) is 11.0. The first-order valence-electron chi connectivity index (χ1n) is 6.45. The van der Waals surface area contributed by atoms with Gasteiger partial charge in [-0.2, -0.15) is 0 Å². The summed E-state index contributed by atoms with van der Waals surface area (Å²) in [6.45, 7) is 0.279. The summed E-state index contributed by atoms with van der Waals surface area (Å²) in [4.78, 5) is 22.4. The molecule has 0 fully saturated rings. The number of esters is 1. The van der Waals surface area contributed by atoms with Gasteiger partial charge >= 0.3 is 5.97 Å². The van der Waals surface area contributed by atoms with E-state index in [1.165, 1.54) is 0 Å². The van der Waals surface area contributed by atoms with Gasteiger partial charge < -0.3 is 4.74 Å². The Morgan fingerprint density at radius 1 is 1.00 bits per heavy atom. The number of aryl methyl sites for hydroxylation is 1. The highest BCUT2D eigenvalue weighted by molar-refractivity contribution is 5.78. The quantitative estimate of drug-likeness (QED) is 0.756. The van der Waals surface area contributed by atoms with Crippen LogP contribution in [0.15, 0.2) is 54.6 Å². The maximum atomic E-state index is 11.7. The van der Waals surface area contributed by atoms with E-state index < -0.39 is 0 Å². The summed E-state index contributed by atoms with van der Waals surface area (Å²) in [5, 5.41) is 0. The van der Waals surface area contributed by atoms with Crippen molar-refractivity contribution in [3.8, 4) is 0 Å². The molecule has 101 valence electrons. The normalized spacial score (nSPS) is 10.0. The van der Waals surface area contributed by atoms with Gasteiger partial charge in [0, 0.05) is 12.0 Å². The van der Waals surface area contributed by atoms with Gasteiger partial charge in [0.15, 0.2) is 0 Å². The van der Waals surface area contributed by atoms with Crippen molar-refractivity contribution in [3.63, 3.8) is 0 Å². The van der Waals surface area contributed by atoms with Crippen LogP contribution in [-0.2, 0) is 27.4 Å². The SMILES string of the molecule is O=[C]c1ccccc1CCC(=O)OCc1ccccc1. The zero-order chi connectivity index (χ0) is 14.2. The first-order valence-corrected chi connectivity index (χ1v) is 6.45. The maximum Gasteiger partial charge on any atom is 0.306 e. The van der Waals surface area contributed by atoms with Gasteiger partial charge in [0.1, 0.15) is 6.61 Å². The number of benzene rings is 2. The predicted molar refractivity (Wildman–Crippen MR) is 75.8 cm³/mol. The molecule has 0 atom stereocenters. The molecule has 0 aliphatic rings. The molecule has 2 aromatic rings. The van der Waals surface area contributed by atoms with Crippen LogP contribution >= 0.6 is 0 Å². The summed E-state index contributed by atoms with van der Waals surface area (Å²) < 4.78 is 5.19. The molecule has 2 rings (SSSR count). The van der Waals surface area contributed by atoms with E-state index in [-0.39, 0.29) is 19.0 Å². The summed E-state index contributed by atoms with van der Waals surface area (Å²) in [5.41, 5.74) is 2.28. The highest BCUT2D eigenvalue weighted by Crippen LogP contribution is 2.10. The predicted octanol–water partition coefficient (Wildman–Crippen LogP) is 2.82. The van der Waals surface area contributed by atoms with Crippen LogP contribution in [0.5, 0.6) is 0 Å². The van der Waals surface area contributed by atoms with E-state index in [4.69, 9.17) is 4.74 Å². The van der Waals surface area contributed by atoms with Gasteiger partial charge in [-0.05, 0) is 17.5 Å². The Morgan fingerprint density at radius 2 is 1.70 bits per heavy atom. The lowest BCUT2D eigenvalue weighted by Gasteiger charge is -2.06. The molecule has 0 unspecified atom stereocenters. The van der Waals surface area contributed by atoms with Crippen molar-refractivity contribution in [2.45, 2.75) is 19.4 Å². The molecule has 20 heavy (non-hydrogen) atoms. The van der Waals surface area contributed by atoms with Crippen molar-refractivity contribution in [2.24, 2.45) is 0 Å². The summed E-state index contributed by atoms with van der Waals surface area (Å²) in [6, 6.07) is 16.7. The number of carbonyl (C=O) groups excluding carboxylic acids is 2. The van der Waals surface area contributed by atoms with Crippen LogP contribution in [-0.4, -0.2) is 12.3 Å². The Hall–Kier alpha value is -2.42. The van der Waals surface area contributed by atoms with Gasteiger partial charge in [0.2, 0.25) is 6.29 Å². The molecule has 2 aromatic carbocycles. The molecule has 1 radical (unpaired) electrons. The third kappa shape index (κ3) is 4.05. The number of carbonyl (C=O) groups is 1. The molecule has 0 aliphatic heterocycles. The monoisotopic (exact) mass is 267 g/mol. The Kier molecular flexibility index (Phi) is 5.07. The Morgan fingerprint density at radius 3 is 2.45 bits per heavy atom. The van der Waals surface area contributed by atoms with Crippen molar-refractivity contribution in [3.05, 3.63) is 71.3 Å². The van der Waals surface area contributed by atoms with Crippen LogP contribution in [0.25, 0.3) is 0 Å². The highest BCUT2D eigenvalue weighted by Gasteiger charge is 2.07. The molecule has 0 saturated carbocycles. The molecule has 0 bridgehead atoms. The Bertz CT molecular complexity index is 576. The van der Waals surface area contributed by atoms with Crippen molar-refractivity contribution in [1.82, 2.24) is 0 Å². The van der Waals surface area contributed by atoms with Crippen LogP contribution in [0.4, 0.5) is 0 Å². The number of ether oxygens (including phenoxy) is 1. The molecule has 0 heterocycles. The second-order valence-electron chi connectivity index (χ2n) is 4.41. The minimum absolute atomic E-state index is 0.255. The molecule has 3 nitrogen and oxygen atoms in total. The molecule has 3 heteroatoms. The molecule has 0 amide bonds. The molecule has 0 N–H and O–H groups in total. The number of hydrogen-bond acceptors (Lipinski definition) is 3. The third-order valence-corrected chi connectivity index (χ3v) is 2.97. The molecular weight excluding hydrogens is 252 g/mol. The average molecular weight is 267 g/mol. The summed E-state index contributed by atoms with van der Waals surface area (Å²) in [6.07, 6.45) is 2.62. The lowest BCUT2D eigenvalue weighted by atomic mass is 10.0. The maximum absolute atomic E-state index is 11.7. The van der Waals surface area contributed by atoms with Crippen molar-refractivity contribution >= 4 is 12.3 Å². The van der Waals surface area contributed by atoms with E-state index >= 15 is 0 Å². The Balaban J connectivity index is 1.82. The van der Waals surface area contributed by atoms with Crippen LogP contribution in [0.1, 0.15) is 23.1 Å². The van der Waals surface area contributed by atoms with Crippen molar-refractivity contribution in [2.75, 3.05) is 0 Å². The van der Waals surface area contributed by atoms with Gasteiger partial charge in [-0.25, -0.2) is 0 Å². The molecular formula is C17H15O3. The van der Waals surface area contributed by atoms with E-state index in [1.54, 1.807) is 12.1 Å². The first kappa shape index (κ1) is 14.0. The van der Waals surface area contributed by atoms with Crippen molar-refractivity contribution in [1.29, 1.82) is 0 Å². The van der Waals surface area contributed by atoms with E-state index in [0.717, 1.165) is 11.1 Å².